The molecule has 0 aliphatic carbocycles. The lowest BCUT2D eigenvalue weighted by Crippen LogP contribution is -2.20. The van der Waals surface area contributed by atoms with E-state index < -0.39 is 18.6 Å². The van der Waals surface area contributed by atoms with Crippen LogP contribution < -0.4 is 0 Å². The second-order valence-electron chi connectivity index (χ2n) is 3.85. The van der Waals surface area contributed by atoms with Gasteiger partial charge in [-0.05, 0) is 19.4 Å². The van der Waals surface area contributed by atoms with E-state index in [1.807, 2.05) is 0 Å². The standard InChI is InChI=1S/C13H17F3O3/c1-3-18-12(19-4-2)10-7-5-9(6-8-10)11(17)13(14,15)16/h5-8,11-12,17H,3-4H2,1-2H3. The van der Waals surface area contributed by atoms with E-state index in [0.717, 1.165) is 0 Å². The molecule has 1 aromatic carbocycles. The van der Waals surface area contributed by atoms with E-state index in [1.165, 1.54) is 24.3 Å². The fraction of sp³-hybridized carbons (Fsp3) is 0.538. The zero-order valence-electron chi connectivity index (χ0n) is 10.8. The Morgan fingerprint density at radius 3 is 1.79 bits per heavy atom. The summed E-state index contributed by atoms with van der Waals surface area (Å²) in [6.07, 6.45) is -7.74. The van der Waals surface area contributed by atoms with Crippen molar-refractivity contribution in [3.05, 3.63) is 35.4 Å². The number of hydrogen-bond donors (Lipinski definition) is 1. The molecular weight excluding hydrogens is 261 g/mol. The maximum absolute atomic E-state index is 12.3. The predicted molar refractivity (Wildman–Crippen MR) is 63.4 cm³/mol. The number of benzene rings is 1. The van der Waals surface area contributed by atoms with Crippen molar-refractivity contribution in [2.24, 2.45) is 0 Å². The minimum absolute atomic E-state index is 0.206. The molecule has 1 rings (SSSR count). The van der Waals surface area contributed by atoms with Crippen molar-refractivity contribution in [1.29, 1.82) is 0 Å². The largest absolute Gasteiger partial charge is 0.418 e. The molecule has 0 radical (unpaired) electrons. The average molecular weight is 278 g/mol. The van der Waals surface area contributed by atoms with Gasteiger partial charge in [0.05, 0.1) is 0 Å². The monoisotopic (exact) mass is 278 g/mol. The minimum Gasteiger partial charge on any atom is -0.379 e. The molecule has 108 valence electrons. The van der Waals surface area contributed by atoms with Crippen molar-refractivity contribution < 1.29 is 27.8 Å². The van der Waals surface area contributed by atoms with E-state index in [-0.39, 0.29) is 5.56 Å². The summed E-state index contributed by atoms with van der Waals surface area (Å²) >= 11 is 0. The number of aliphatic hydroxyl groups is 1. The van der Waals surface area contributed by atoms with E-state index in [2.05, 4.69) is 0 Å². The van der Waals surface area contributed by atoms with Gasteiger partial charge in [-0.2, -0.15) is 13.2 Å². The van der Waals surface area contributed by atoms with E-state index in [4.69, 9.17) is 14.6 Å². The molecule has 0 saturated carbocycles. The molecule has 0 spiro atoms. The summed E-state index contributed by atoms with van der Waals surface area (Å²) < 4.78 is 47.7. The van der Waals surface area contributed by atoms with Crippen LogP contribution in [0.15, 0.2) is 24.3 Å². The number of hydrogen-bond acceptors (Lipinski definition) is 3. The summed E-state index contributed by atoms with van der Waals surface area (Å²) in [5, 5.41) is 9.11. The number of rotatable bonds is 6. The number of ether oxygens (including phenoxy) is 2. The molecule has 1 unspecified atom stereocenters. The first-order valence-electron chi connectivity index (χ1n) is 5.98. The van der Waals surface area contributed by atoms with Gasteiger partial charge >= 0.3 is 6.18 Å². The fourth-order valence-electron chi connectivity index (χ4n) is 1.57. The highest BCUT2D eigenvalue weighted by atomic mass is 19.4. The zero-order valence-corrected chi connectivity index (χ0v) is 10.8. The van der Waals surface area contributed by atoms with Crippen LogP contribution in [-0.2, 0) is 9.47 Å². The summed E-state index contributed by atoms with van der Waals surface area (Å²) in [7, 11) is 0. The van der Waals surface area contributed by atoms with Gasteiger partial charge in [-0.25, -0.2) is 0 Å². The average Bonchev–Trinajstić information content (AvgIpc) is 2.37. The molecule has 1 aromatic rings. The molecule has 1 N–H and O–H groups in total. The van der Waals surface area contributed by atoms with Crippen molar-refractivity contribution in [2.45, 2.75) is 32.4 Å². The Balaban J connectivity index is 2.85. The van der Waals surface area contributed by atoms with Gasteiger partial charge in [0.25, 0.3) is 0 Å². The fourth-order valence-corrected chi connectivity index (χ4v) is 1.57. The lowest BCUT2D eigenvalue weighted by molar-refractivity contribution is -0.206. The van der Waals surface area contributed by atoms with Gasteiger partial charge in [0, 0.05) is 18.8 Å². The zero-order chi connectivity index (χ0) is 14.5. The van der Waals surface area contributed by atoms with Crippen LogP contribution in [0.2, 0.25) is 0 Å². The van der Waals surface area contributed by atoms with Gasteiger partial charge in [-0.15, -0.1) is 0 Å². The van der Waals surface area contributed by atoms with Gasteiger partial charge in [-0.3, -0.25) is 0 Å². The highest BCUT2D eigenvalue weighted by Crippen LogP contribution is 2.33. The van der Waals surface area contributed by atoms with Crippen LogP contribution in [0.3, 0.4) is 0 Å². The summed E-state index contributed by atoms with van der Waals surface area (Å²) in [5.41, 5.74) is 0.407. The van der Waals surface area contributed by atoms with E-state index in [1.54, 1.807) is 13.8 Å². The molecule has 0 fully saturated rings. The third-order valence-corrected chi connectivity index (χ3v) is 2.47. The van der Waals surface area contributed by atoms with Crippen LogP contribution in [0, 0.1) is 0 Å². The van der Waals surface area contributed by atoms with Gasteiger partial charge in [0.15, 0.2) is 12.4 Å². The molecule has 3 nitrogen and oxygen atoms in total. The maximum Gasteiger partial charge on any atom is 0.418 e. The quantitative estimate of drug-likeness (QED) is 0.811. The lowest BCUT2D eigenvalue weighted by atomic mass is 10.1. The van der Waals surface area contributed by atoms with Crippen LogP contribution >= 0.6 is 0 Å². The molecule has 6 heteroatoms. The molecule has 0 bridgehead atoms. The van der Waals surface area contributed by atoms with Crippen molar-refractivity contribution in [3.63, 3.8) is 0 Å². The van der Waals surface area contributed by atoms with Crippen LogP contribution in [0.5, 0.6) is 0 Å². The molecule has 0 aliphatic rings. The Kier molecular flexibility index (Phi) is 5.78. The molecular formula is C13H17F3O3. The SMILES string of the molecule is CCOC(OCC)c1ccc(C(O)C(F)(F)F)cc1. The van der Waals surface area contributed by atoms with E-state index >= 15 is 0 Å². The first-order valence-corrected chi connectivity index (χ1v) is 5.98. The number of halogens is 3. The summed E-state index contributed by atoms with van der Waals surface area (Å²) in [5.74, 6) is 0. The summed E-state index contributed by atoms with van der Waals surface area (Å²) in [6, 6.07) is 5.36. The first kappa shape index (κ1) is 15.9. The maximum atomic E-state index is 12.3. The van der Waals surface area contributed by atoms with Gasteiger partial charge < -0.3 is 14.6 Å². The van der Waals surface area contributed by atoms with Crippen molar-refractivity contribution in [3.8, 4) is 0 Å². The Labute approximate surface area is 110 Å². The Morgan fingerprint density at radius 2 is 1.42 bits per heavy atom. The number of aliphatic hydroxyl groups excluding tert-OH is 1. The first-order chi connectivity index (χ1) is 8.90. The predicted octanol–water partition coefficient (Wildman–Crippen LogP) is 3.35. The van der Waals surface area contributed by atoms with E-state index in [0.29, 0.717) is 18.8 Å². The van der Waals surface area contributed by atoms with Crippen LogP contribution in [0.4, 0.5) is 13.2 Å². The summed E-state index contributed by atoms with van der Waals surface area (Å²) in [6.45, 7) is 4.46. The van der Waals surface area contributed by atoms with Crippen molar-refractivity contribution in [1.82, 2.24) is 0 Å². The van der Waals surface area contributed by atoms with E-state index in [9.17, 15) is 13.2 Å². The second-order valence-corrected chi connectivity index (χ2v) is 3.85. The molecule has 1 atom stereocenters. The molecule has 0 heterocycles. The van der Waals surface area contributed by atoms with Gasteiger partial charge in [0.1, 0.15) is 0 Å². The normalized spacial score (nSPS) is 13.8. The number of alkyl halides is 3. The highest BCUT2D eigenvalue weighted by molar-refractivity contribution is 5.25. The third kappa shape index (κ3) is 4.49. The van der Waals surface area contributed by atoms with Crippen molar-refractivity contribution >= 4 is 0 Å². The van der Waals surface area contributed by atoms with Gasteiger partial charge in [-0.1, -0.05) is 24.3 Å². The molecule has 0 amide bonds. The van der Waals surface area contributed by atoms with Crippen molar-refractivity contribution in [2.75, 3.05) is 13.2 Å². The molecule has 0 aliphatic heterocycles. The molecule has 19 heavy (non-hydrogen) atoms. The summed E-state index contributed by atoms with van der Waals surface area (Å²) in [4.78, 5) is 0. The third-order valence-electron chi connectivity index (χ3n) is 2.47. The van der Waals surface area contributed by atoms with Crippen LogP contribution in [-0.4, -0.2) is 24.5 Å². The Morgan fingerprint density at radius 1 is 1.00 bits per heavy atom. The van der Waals surface area contributed by atoms with Crippen LogP contribution in [0.25, 0.3) is 0 Å². The Bertz CT molecular complexity index is 370. The Hall–Kier alpha value is -1.11. The van der Waals surface area contributed by atoms with Crippen LogP contribution in [0.1, 0.15) is 37.4 Å². The smallest absolute Gasteiger partial charge is 0.379 e. The second kappa shape index (κ2) is 6.88. The topological polar surface area (TPSA) is 38.7 Å². The molecule has 0 saturated heterocycles. The molecule has 0 aromatic heterocycles. The van der Waals surface area contributed by atoms with Gasteiger partial charge in [0.2, 0.25) is 0 Å². The lowest BCUT2D eigenvalue weighted by Gasteiger charge is -2.19. The highest BCUT2D eigenvalue weighted by Gasteiger charge is 2.39. The minimum atomic E-state index is -4.67.